The zero-order valence-corrected chi connectivity index (χ0v) is 15.7. The Labute approximate surface area is 167 Å². The number of rotatable bonds is 4. The Morgan fingerprint density at radius 3 is 2.50 bits per heavy atom. The molecule has 0 spiro atoms. The predicted molar refractivity (Wildman–Crippen MR) is 105 cm³/mol. The van der Waals surface area contributed by atoms with E-state index in [0.29, 0.717) is 10.4 Å². The second kappa shape index (κ2) is 7.79. The van der Waals surface area contributed by atoms with Gasteiger partial charge in [0.05, 0.1) is 21.2 Å². The minimum Gasteiger partial charge on any atom is -0.421 e. The highest BCUT2D eigenvalue weighted by molar-refractivity contribution is 6.38. The van der Waals surface area contributed by atoms with E-state index in [1.807, 2.05) is 0 Å². The molecule has 0 saturated carbocycles. The summed E-state index contributed by atoms with van der Waals surface area (Å²) in [7, 11) is 0. The average Bonchev–Trinajstić information content (AvgIpc) is 2.66. The van der Waals surface area contributed by atoms with Crippen LogP contribution in [0.3, 0.4) is 0 Å². The van der Waals surface area contributed by atoms with Crippen LogP contribution < -0.4 is 11.1 Å². The van der Waals surface area contributed by atoms with Gasteiger partial charge in [0.1, 0.15) is 0 Å². The number of hydrazone groups is 1. The molecule has 0 aliphatic carbocycles. The smallest absolute Gasteiger partial charge is 0.345 e. The third-order valence-corrected chi connectivity index (χ3v) is 4.31. The van der Waals surface area contributed by atoms with Crippen molar-refractivity contribution in [1.82, 2.24) is 5.43 Å². The number of non-ortho nitro benzene ring substituents is 1. The van der Waals surface area contributed by atoms with Crippen molar-refractivity contribution in [2.75, 3.05) is 0 Å². The second-order valence-electron chi connectivity index (χ2n) is 5.70. The molecule has 0 radical (unpaired) electrons. The van der Waals surface area contributed by atoms with Crippen molar-refractivity contribution in [3.63, 3.8) is 0 Å². The van der Waals surface area contributed by atoms with Crippen LogP contribution in [0.1, 0.15) is 22.8 Å². The van der Waals surface area contributed by atoms with Gasteiger partial charge >= 0.3 is 5.63 Å². The minimum absolute atomic E-state index is 0.120. The number of carbonyl (C=O) groups excluding carboxylic acids is 1. The fourth-order valence-corrected chi connectivity index (χ4v) is 2.95. The van der Waals surface area contributed by atoms with Crippen LogP contribution >= 0.6 is 23.2 Å². The molecule has 0 aliphatic rings. The molecule has 0 aliphatic heterocycles. The molecule has 28 heavy (non-hydrogen) atoms. The number of hydrogen-bond acceptors (Lipinski definition) is 6. The largest absolute Gasteiger partial charge is 0.421 e. The van der Waals surface area contributed by atoms with Crippen LogP contribution in [0.4, 0.5) is 5.69 Å². The van der Waals surface area contributed by atoms with Crippen molar-refractivity contribution in [3.05, 3.63) is 84.2 Å². The molecule has 1 heterocycles. The third kappa shape index (κ3) is 4.03. The molecule has 0 fully saturated rings. The molecule has 1 N–H and O–H groups in total. The van der Waals surface area contributed by atoms with E-state index in [-0.39, 0.29) is 33.1 Å². The molecular formula is C18H11Cl2N3O5. The Kier molecular flexibility index (Phi) is 5.43. The molecule has 1 amide bonds. The maximum Gasteiger partial charge on any atom is 0.345 e. The first-order chi connectivity index (χ1) is 13.3. The average molecular weight is 420 g/mol. The SMILES string of the molecule is CC(=NNC(=O)c1ccc([N+](=O)[O-])cc1)c1cc2cc(Cl)cc(Cl)c2oc1=O. The van der Waals surface area contributed by atoms with Crippen LogP contribution in [-0.4, -0.2) is 16.5 Å². The van der Waals surface area contributed by atoms with E-state index < -0.39 is 16.5 Å². The van der Waals surface area contributed by atoms with Gasteiger partial charge in [-0.1, -0.05) is 23.2 Å². The van der Waals surface area contributed by atoms with Crippen molar-refractivity contribution in [2.45, 2.75) is 6.92 Å². The number of hydrogen-bond donors (Lipinski definition) is 1. The number of benzene rings is 2. The van der Waals surface area contributed by atoms with Gasteiger partial charge in [0.2, 0.25) is 0 Å². The first-order valence-electron chi connectivity index (χ1n) is 7.78. The molecule has 3 aromatic rings. The third-order valence-electron chi connectivity index (χ3n) is 3.81. The Hall–Kier alpha value is -3.23. The standard InChI is InChI=1S/C18H11Cl2N3O5/c1-9(21-22-17(24)10-2-4-13(5-3-10)23(26)27)14-7-11-6-12(19)8-15(20)16(11)28-18(14)25/h2-8H,1H3,(H,22,24). The zero-order valence-electron chi connectivity index (χ0n) is 14.2. The number of amides is 1. The van der Waals surface area contributed by atoms with Crippen molar-refractivity contribution in [1.29, 1.82) is 0 Å². The summed E-state index contributed by atoms with van der Waals surface area (Å²) >= 11 is 12.0. The summed E-state index contributed by atoms with van der Waals surface area (Å²) in [5, 5.41) is 15.6. The number of fused-ring (bicyclic) bond motifs is 1. The lowest BCUT2D eigenvalue weighted by Crippen LogP contribution is -2.21. The van der Waals surface area contributed by atoms with Crippen molar-refractivity contribution < 1.29 is 14.1 Å². The molecule has 1 aromatic heterocycles. The Balaban J connectivity index is 1.87. The van der Waals surface area contributed by atoms with Crippen LogP contribution in [0.15, 0.2) is 56.8 Å². The quantitative estimate of drug-likeness (QED) is 0.295. The van der Waals surface area contributed by atoms with Gasteiger partial charge in [0.25, 0.3) is 11.6 Å². The fraction of sp³-hybridized carbons (Fsp3) is 0.0556. The van der Waals surface area contributed by atoms with Crippen LogP contribution in [-0.2, 0) is 0 Å². The predicted octanol–water partition coefficient (Wildman–Crippen LogP) is 4.16. The van der Waals surface area contributed by atoms with Gasteiger partial charge in [-0.15, -0.1) is 0 Å². The molecule has 0 bridgehead atoms. The minimum atomic E-state index is -0.678. The van der Waals surface area contributed by atoms with Gasteiger partial charge in [-0.2, -0.15) is 5.10 Å². The van der Waals surface area contributed by atoms with Gasteiger partial charge < -0.3 is 4.42 Å². The summed E-state index contributed by atoms with van der Waals surface area (Å²) in [4.78, 5) is 34.4. The number of nitrogens with zero attached hydrogens (tertiary/aromatic N) is 2. The molecule has 2 aromatic carbocycles. The van der Waals surface area contributed by atoms with E-state index >= 15 is 0 Å². The highest BCUT2D eigenvalue weighted by atomic mass is 35.5. The van der Waals surface area contributed by atoms with E-state index in [0.717, 1.165) is 0 Å². The van der Waals surface area contributed by atoms with Crippen LogP contribution in [0.5, 0.6) is 0 Å². The maximum atomic E-state index is 12.2. The van der Waals surface area contributed by atoms with Crippen LogP contribution in [0, 0.1) is 10.1 Å². The van der Waals surface area contributed by atoms with Crippen molar-refractivity contribution >= 4 is 51.5 Å². The van der Waals surface area contributed by atoms with Gasteiger partial charge in [0.15, 0.2) is 5.58 Å². The Bertz CT molecular complexity index is 1190. The summed E-state index contributed by atoms with van der Waals surface area (Å²) < 4.78 is 5.22. The van der Waals surface area contributed by atoms with Gasteiger partial charge in [-0.25, -0.2) is 10.2 Å². The van der Waals surface area contributed by atoms with E-state index in [2.05, 4.69) is 10.5 Å². The van der Waals surface area contributed by atoms with Crippen LogP contribution in [0.2, 0.25) is 10.0 Å². The maximum absolute atomic E-state index is 12.2. The summed E-state index contributed by atoms with van der Waals surface area (Å²) in [6.07, 6.45) is 0. The monoisotopic (exact) mass is 419 g/mol. The first kappa shape index (κ1) is 19.5. The number of carbonyl (C=O) groups is 1. The lowest BCUT2D eigenvalue weighted by atomic mass is 10.1. The number of nitro groups is 1. The number of halogens is 2. The van der Waals surface area contributed by atoms with Crippen LogP contribution in [0.25, 0.3) is 11.0 Å². The molecule has 3 rings (SSSR count). The van der Waals surface area contributed by atoms with E-state index in [1.165, 1.54) is 43.3 Å². The van der Waals surface area contributed by atoms with E-state index in [4.69, 9.17) is 27.6 Å². The molecule has 0 atom stereocenters. The lowest BCUT2D eigenvalue weighted by molar-refractivity contribution is -0.384. The molecule has 10 heteroatoms. The zero-order chi connectivity index (χ0) is 20.4. The summed E-state index contributed by atoms with van der Waals surface area (Å²) in [6.45, 7) is 1.51. The number of nitro benzene ring substituents is 1. The van der Waals surface area contributed by atoms with Crippen molar-refractivity contribution in [2.24, 2.45) is 5.10 Å². The number of nitrogens with one attached hydrogen (secondary N) is 1. The first-order valence-corrected chi connectivity index (χ1v) is 8.54. The molecule has 0 unspecified atom stereocenters. The molecule has 142 valence electrons. The lowest BCUT2D eigenvalue weighted by Gasteiger charge is -2.05. The highest BCUT2D eigenvalue weighted by Crippen LogP contribution is 2.27. The topological polar surface area (TPSA) is 115 Å². The molecule has 8 nitrogen and oxygen atoms in total. The van der Waals surface area contributed by atoms with Gasteiger partial charge in [0, 0.05) is 28.1 Å². The fourth-order valence-electron chi connectivity index (χ4n) is 2.40. The second-order valence-corrected chi connectivity index (χ2v) is 6.54. The normalized spacial score (nSPS) is 11.5. The Morgan fingerprint density at radius 2 is 1.86 bits per heavy atom. The van der Waals surface area contributed by atoms with Gasteiger partial charge in [-0.05, 0) is 37.3 Å². The molecule has 0 saturated heterocycles. The van der Waals surface area contributed by atoms with Gasteiger partial charge in [-0.3, -0.25) is 14.9 Å². The van der Waals surface area contributed by atoms with E-state index in [9.17, 15) is 19.7 Å². The summed E-state index contributed by atoms with van der Waals surface area (Å²) in [5.41, 5.74) is 2.16. The Morgan fingerprint density at radius 1 is 1.18 bits per heavy atom. The summed E-state index contributed by atoms with van der Waals surface area (Å²) in [6, 6.07) is 9.56. The van der Waals surface area contributed by atoms with Crippen molar-refractivity contribution in [3.8, 4) is 0 Å². The summed E-state index contributed by atoms with van der Waals surface area (Å²) in [5.74, 6) is -0.592. The highest BCUT2D eigenvalue weighted by Gasteiger charge is 2.13. The van der Waals surface area contributed by atoms with E-state index in [1.54, 1.807) is 6.07 Å². The molecular weight excluding hydrogens is 409 g/mol.